The Morgan fingerprint density at radius 3 is 2.68 bits per heavy atom. The van der Waals surface area contributed by atoms with E-state index in [1.165, 1.54) is 18.9 Å². The number of thiocarbonyl (C=S) groups is 1. The Balaban J connectivity index is 1.84. The minimum Gasteiger partial charge on any atom is -0.473 e. The van der Waals surface area contributed by atoms with Gasteiger partial charge in [-0.3, -0.25) is 0 Å². The van der Waals surface area contributed by atoms with Crippen molar-refractivity contribution in [2.24, 2.45) is 0 Å². The molecule has 1 aliphatic heterocycles. The molecule has 0 unspecified atom stereocenters. The summed E-state index contributed by atoms with van der Waals surface area (Å²) < 4.78 is 22.4. The second-order valence-corrected chi connectivity index (χ2v) is 7.09. The van der Waals surface area contributed by atoms with Gasteiger partial charge in [0.1, 0.15) is 18.8 Å². The van der Waals surface area contributed by atoms with Crippen LogP contribution in [0.15, 0.2) is 30.3 Å². The van der Waals surface area contributed by atoms with Crippen molar-refractivity contribution < 1.29 is 29.2 Å². The fraction of sp³-hybridized carbons (Fsp3) is 0.588. The Hall–Kier alpha value is -0.740. The van der Waals surface area contributed by atoms with E-state index in [1.807, 2.05) is 30.3 Å². The SMILES string of the molecule is CO[C@]1(COC(=S)SC)O[C@H](CCOCc2ccccc2)[C@@H](O)[C@@H]1O. The highest BCUT2D eigenvalue weighted by Crippen LogP contribution is 2.34. The highest BCUT2D eigenvalue weighted by Gasteiger charge is 2.55. The van der Waals surface area contributed by atoms with Crippen molar-refractivity contribution in [2.45, 2.75) is 37.1 Å². The molecule has 6 nitrogen and oxygen atoms in total. The number of hydrogen-bond acceptors (Lipinski definition) is 8. The smallest absolute Gasteiger partial charge is 0.232 e. The van der Waals surface area contributed by atoms with Gasteiger partial charge in [0, 0.05) is 13.7 Å². The lowest BCUT2D eigenvalue weighted by molar-refractivity contribution is -0.259. The van der Waals surface area contributed by atoms with E-state index >= 15 is 0 Å². The van der Waals surface area contributed by atoms with E-state index in [0.717, 1.165) is 5.56 Å². The van der Waals surface area contributed by atoms with Gasteiger partial charge in [-0.05, 0) is 30.5 Å². The van der Waals surface area contributed by atoms with Crippen molar-refractivity contribution in [1.82, 2.24) is 0 Å². The first kappa shape index (κ1) is 20.6. The van der Waals surface area contributed by atoms with E-state index in [0.29, 0.717) is 24.0 Å². The molecule has 0 aliphatic carbocycles. The van der Waals surface area contributed by atoms with E-state index in [4.69, 9.17) is 31.2 Å². The Labute approximate surface area is 157 Å². The van der Waals surface area contributed by atoms with Crippen LogP contribution in [0.4, 0.5) is 0 Å². The molecule has 1 aromatic rings. The molecule has 0 spiro atoms. The number of methoxy groups -OCH3 is 1. The van der Waals surface area contributed by atoms with Gasteiger partial charge in [0.15, 0.2) is 0 Å². The Bertz CT molecular complexity index is 543. The number of rotatable bonds is 8. The second-order valence-electron chi connectivity index (χ2n) is 5.68. The number of hydrogen-bond donors (Lipinski definition) is 2. The van der Waals surface area contributed by atoms with Crippen LogP contribution in [0, 0.1) is 0 Å². The van der Waals surface area contributed by atoms with E-state index < -0.39 is 24.1 Å². The summed E-state index contributed by atoms with van der Waals surface area (Å²) in [7, 11) is 1.40. The van der Waals surface area contributed by atoms with E-state index in [-0.39, 0.29) is 6.61 Å². The third-order valence-electron chi connectivity index (χ3n) is 4.07. The summed E-state index contributed by atoms with van der Waals surface area (Å²) in [4.78, 5) is 0. The van der Waals surface area contributed by atoms with Gasteiger partial charge in [-0.15, -0.1) is 0 Å². The largest absolute Gasteiger partial charge is 0.473 e. The zero-order valence-corrected chi connectivity index (χ0v) is 15.9. The molecule has 140 valence electrons. The molecule has 1 fully saturated rings. The van der Waals surface area contributed by atoms with Crippen LogP contribution in [0.2, 0.25) is 0 Å². The summed E-state index contributed by atoms with van der Waals surface area (Å²) in [5, 5.41) is 20.6. The third-order valence-corrected chi connectivity index (χ3v) is 5.14. The van der Waals surface area contributed by atoms with Crippen LogP contribution in [-0.2, 0) is 25.6 Å². The lowest BCUT2D eigenvalue weighted by Crippen LogP contribution is -2.48. The highest BCUT2D eigenvalue weighted by atomic mass is 32.2. The topological polar surface area (TPSA) is 77.4 Å². The second kappa shape index (κ2) is 9.82. The molecule has 25 heavy (non-hydrogen) atoms. The van der Waals surface area contributed by atoms with Crippen molar-refractivity contribution in [1.29, 1.82) is 0 Å². The first-order valence-electron chi connectivity index (χ1n) is 7.94. The average molecular weight is 389 g/mol. The van der Waals surface area contributed by atoms with Gasteiger partial charge in [0.05, 0.1) is 12.7 Å². The summed E-state index contributed by atoms with van der Waals surface area (Å²) in [6.45, 7) is 0.767. The molecule has 1 aromatic carbocycles. The Kier molecular flexibility index (Phi) is 8.08. The highest BCUT2D eigenvalue weighted by molar-refractivity contribution is 8.22. The molecule has 0 saturated carbocycles. The van der Waals surface area contributed by atoms with Crippen LogP contribution < -0.4 is 0 Å². The van der Waals surface area contributed by atoms with Crippen molar-refractivity contribution in [3.8, 4) is 0 Å². The predicted octanol–water partition coefficient (Wildman–Crippen LogP) is 1.72. The molecule has 1 aliphatic rings. The van der Waals surface area contributed by atoms with Crippen LogP contribution in [-0.4, -0.2) is 65.3 Å². The van der Waals surface area contributed by atoms with Crippen molar-refractivity contribution in [2.75, 3.05) is 26.6 Å². The average Bonchev–Trinajstić information content (AvgIpc) is 2.89. The molecule has 0 radical (unpaired) electrons. The lowest BCUT2D eigenvalue weighted by atomic mass is 10.0. The van der Waals surface area contributed by atoms with Gasteiger partial charge in [-0.1, -0.05) is 42.1 Å². The Morgan fingerprint density at radius 1 is 1.32 bits per heavy atom. The van der Waals surface area contributed by atoms with Crippen LogP contribution in [0.25, 0.3) is 0 Å². The summed E-state index contributed by atoms with van der Waals surface area (Å²) in [6.07, 6.45) is -0.733. The molecule has 0 bridgehead atoms. The maximum atomic E-state index is 10.3. The molecule has 0 aromatic heterocycles. The third kappa shape index (κ3) is 5.37. The van der Waals surface area contributed by atoms with Gasteiger partial charge in [-0.2, -0.15) is 0 Å². The molecule has 8 heteroatoms. The normalized spacial score (nSPS) is 28.9. The zero-order valence-electron chi connectivity index (χ0n) is 14.3. The lowest BCUT2D eigenvalue weighted by Gasteiger charge is -2.30. The fourth-order valence-corrected chi connectivity index (χ4v) is 2.85. The summed E-state index contributed by atoms with van der Waals surface area (Å²) in [5.74, 6) is -1.44. The van der Waals surface area contributed by atoms with Crippen molar-refractivity contribution in [3.05, 3.63) is 35.9 Å². The van der Waals surface area contributed by atoms with Gasteiger partial charge >= 0.3 is 0 Å². The van der Waals surface area contributed by atoms with Crippen molar-refractivity contribution in [3.63, 3.8) is 0 Å². The maximum Gasteiger partial charge on any atom is 0.232 e. The van der Waals surface area contributed by atoms with E-state index in [1.54, 1.807) is 6.26 Å². The van der Waals surface area contributed by atoms with Crippen LogP contribution >= 0.6 is 24.0 Å². The molecular weight excluding hydrogens is 364 g/mol. The predicted molar refractivity (Wildman–Crippen MR) is 99.4 cm³/mol. The van der Waals surface area contributed by atoms with Crippen LogP contribution in [0.1, 0.15) is 12.0 Å². The number of thioether (sulfide) groups is 1. The molecular formula is C17H24O6S2. The summed E-state index contributed by atoms with van der Waals surface area (Å²) in [6, 6.07) is 9.80. The van der Waals surface area contributed by atoms with Crippen molar-refractivity contribution >= 4 is 28.4 Å². The maximum absolute atomic E-state index is 10.3. The zero-order chi connectivity index (χ0) is 18.3. The van der Waals surface area contributed by atoms with E-state index in [9.17, 15) is 10.2 Å². The Morgan fingerprint density at radius 2 is 2.04 bits per heavy atom. The molecule has 2 rings (SSSR count). The van der Waals surface area contributed by atoms with Gasteiger partial charge < -0.3 is 29.2 Å². The van der Waals surface area contributed by atoms with Gasteiger partial charge in [-0.25, -0.2) is 0 Å². The van der Waals surface area contributed by atoms with E-state index in [2.05, 4.69) is 0 Å². The number of aliphatic hydroxyl groups excluding tert-OH is 2. The van der Waals surface area contributed by atoms with Gasteiger partial charge in [0.2, 0.25) is 10.2 Å². The van der Waals surface area contributed by atoms with Crippen LogP contribution in [0.3, 0.4) is 0 Å². The summed E-state index contributed by atoms with van der Waals surface area (Å²) in [5.41, 5.74) is 1.07. The number of benzene rings is 1. The first-order valence-corrected chi connectivity index (χ1v) is 9.57. The van der Waals surface area contributed by atoms with Gasteiger partial charge in [0.25, 0.3) is 0 Å². The standard InChI is InChI=1S/C17H24O6S2/c1-20-17(11-22-16(24)25-2)15(19)14(18)13(23-17)8-9-21-10-12-6-4-3-5-7-12/h3-7,13-15,18-19H,8-11H2,1-2H3/t13-,14-,15+,17-/m1/s1. The first-order chi connectivity index (χ1) is 12.0. The monoisotopic (exact) mass is 388 g/mol. The number of aliphatic hydroxyl groups is 2. The van der Waals surface area contributed by atoms with Crippen LogP contribution in [0.5, 0.6) is 0 Å². The quantitative estimate of drug-likeness (QED) is 0.515. The fourth-order valence-electron chi connectivity index (χ4n) is 2.62. The number of ether oxygens (including phenoxy) is 4. The minimum absolute atomic E-state index is 0.0945. The molecule has 4 atom stereocenters. The molecule has 0 amide bonds. The molecule has 1 saturated heterocycles. The molecule has 1 heterocycles. The summed E-state index contributed by atoms with van der Waals surface area (Å²) >= 11 is 6.25. The minimum atomic E-state index is -1.44. The molecule has 2 N–H and O–H groups in total.